The van der Waals surface area contributed by atoms with Crippen LogP contribution in [0.4, 0.5) is 0 Å². The number of aromatic nitrogens is 3. The van der Waals surface area contributed by atoms with Crippen LogP contribution in [0.25, 0.3) is 0 Å². The molecular weight excluding hydrogens is 318 g/mol. The van der Waals surface area contributed by atoms with Crippen LogP contribution in [0, 0.1) is 13.8 Å². The molecule has 0 bridgehead atoms. The first-order valence-corrected chi connectivity index (χ1v) is 8.91. The first-order valence-electron chi connectivity index (χ1n) is 8.91. The summed E-state index contributed by atoms with van der Waals surface area (Å²) in [4.78, 5) is 21.0. The number of rotatable bonds is 6. The molecule has 3 heterocycles. The second-order valence-corrected chi connectivity index (χ2v) is 6.84. The maximum atomic E-state index is 12.6. The van der Waals surface area contributed by atoms with E-state index >= 15 is 0 Å². The van der Waals surface area contributed by atoms with E-state index in [9.17, 15) is 4.79 Å². The zero-order valence-corrected chi connectivity index (χ0v) is 15.3. The highest BCUT2D eigenvalue weighted by Crippen LogP contribution is 2.19. The van der Waals surface area contributed by atoms with Gasteiger partial charge in [0, 0.05) is 13.1 Å². The molecule has 3 rings (SSSR count). The van der Waals surface area contributed by atoms with Crippen LogP contribution in [-0.4, -0.2) is 56.7 Å². The molecule has 0 spiro atoms. The summed E-state index contributed by atoms with van der Waals surface area (Å²) in [6, 6.07) is 4.06. The number of nitrogens with zero attached hydrogens (tertiary/aromatic N) is 5. The lowest BCUT2D eigenvalue weighted by Crippen LogP contribution is -2.47. The van der Waals surface area contributed by atoms with E-state index in [1.54, 1.807) is 11.2 Å². The van der Waals surface area contributed by atoms with Gasteiger partial charge in [-0.25, -0.2) is 9.67 Å². The molecule has 1 amide bonds. The van der Waals surface area contributed by atoms with Crippen molar-refractivity contribution in [2.75, 3.05) is 20.1 Å². The van der Waals surface area contributed by atoms with Gasteiger partial charge in [0.25, 0.3) is 0 Å². The Labute approximate surface area is 148 Å². The largest absolute Gasteiger partial charge is 0.467 e. The molecule has 1 aliphatic rings. The van der Waals surface area contributed by atoms with Crippen molar-refractivity contribution in [1.29, 1.82) is 0 Å². The van der Waals surface area contributed by atoms with Crippen LogP contribution < -0.4 is 0 Å². The van der Waals surface area contributed by atoms with Gasteiger partial charge in [-0.2, -0.15) is 5.10 Å². The van der Waals surface area contributed by atoms with Gasteiger partial charge in [-0.05, 0) is 45.4 Å². The number of amides is 1. The lowest BCUT2D eigenvalue weighted by Gasteiger charge is -2.36. The molecule has 7 heteroatoms. The SMILES string of the molecule is Cc1nc(C)n(C[C@H]2CCCCN2CC(=O)N(C)Cc2ccco2)n1. The summed E-state index contributed by atoms with van der Waals surface area (Å²) in [5.74, 6) is 2.66. The zero-order valence-electron chi connectivity index (χ0n) is 15.3. The van der Waals surface area contributed by atoms with E-state index in [0.717, 1.165) is 43.3 Å². The highest BCUT2D eigenvalue weighted by Gasteiger charge is 2.26. The number of hydrogen-bond donors (Lipinski definition) is 0. The van der Waals surface area contributed by atoms with Crippen molar-refractivity contribution in [2.45, 2.75) is 52.2 Å². The highest BCUT2D eigenvalue weighted by molar-refractivity contribution is 5.78. The minimum absolute atomic E-state index is 0.120. The van der Waals surface area contributed by atoms with Gasteiger partial charge in [-0.3, -0.25) is 9.69 Å². The van der Waals surface area contributed by atoms with Crippen molar-refractivity contribution in [1.82, 2.24) is 24.6 Å². The highest BCUT2D eigenvalue weighted by atomic mass is 16.3. The summed E-state index contributed by atoms with van der Waals surface area (Å²) in [5, 5.41) is 4.47. The van der Waals surface area contributed by atoms with Crippen LogP contribution in [0.1, 0.15) is 36.7 Å². The van der Waals surface area contributed by atoms with Gasteiger partial charge in [0.05, 0.1) is 25.9 Å². The molecule has 0 N–H and O–H groups in total. The lowest BCUT2D eigenvalue weighted by atomic mass is 10.0. The third-order valence-corrected chi connectivity index (χ3v) is 4.83. The Bertz CT molecular complexity index is 694. The number of piperidine rings is 1. The monoisotopic (exact) mass is 345 g/mol. The molecule has 1 atom stereocenters. The molecule has 2 aromatic heterocycles. The summed E-state index contributed by atoms with van der Waals surface area (Å²) in [6.45, 7) is 6.59. The van der Waals surface area contributed by atoms with E-state index in [1.165, 1.54) is 6.42 Å². The maximum absolute atomic E-state index is 12.6. The number of aryl methyl sites for hydroxylation is 2. The average molecular weight is 345 g/mol. The Morgan fingerprint density at radius 3 is 2.92 bits per heavy atom. The van der Waals surface area contributed by atoms with Crippen molar-refractivity contribution < 1.29 is 9.21 Å². The molecular formula is C18H27N5O2. The fourth-order valence-electron chi connectivity index (χ4n) is 3.43. The molecule has 0 aliphatic carbocycles. The summed E-state index contributed by atoms with van der Waals surface area (Å²) in [5.41, 5.74) is 0. The minimum Gasteiger partial charge on any atom is -0.467 e. The van der Waals surface area contributed by atoms with Crippen LogP contribution in [0.3, 0.4) is 0 Å². The van der Waals surface area contributed by atoms with Crippen molar-refractivity contribution in [2.24, 2.45) is 0 Å². The molecule has 0 aromatic carbocycles. The van der Waals surface area contributed by atoms with Crippen LogP contribution in [0.5, 0.6) is 0 Å². The maximum Gasteiger partial charge on any atom is 0.236 e. The molecule has 1 saturated heterocycles. The topological polar surface area (TPSA) is 67.4 Å². The Kier molecular flexibility index (Phi) is 5.53. The first kappa shape index (κ1) is 17.7. The average Bonchev–Trinajstić information content (AvgIpc) is 3.19. The Hall–Kier alpha value is -2.15. The second kappa shape index (κ2) is 7.82. The van der Waals surface area contributed by atoms with Crippen molar-refractivity contribution in [3.05, 3.63) is 35.8 Å². The smallest absolute Gasteiger partial charge is 0.236 e. The van der Waals surface area contributed by atoms with Crippen LogP contribution in [0.15, 0.2) is 22.8 Å². The predicted molar refractivity (Wildman–Crippen MR) is 93.9 cm³/mol. The minimum atomic E-state index is 0.120. The van der Waals surface area contributed by atoms with E-state index in [2.05, 4.69) is 15.0 Å². The van der Waals surface area contributed by atoms with E-state index in [-0.39, 0.29) is 5.91 Å². The van der Waals surface area contributed by atoms with E-state index in [4.69, 9.17) is 4.42 Å². The molecule has 1 fully saturated rings. The quantitative estimate of drug-likeness (QED) is 0.801. The van der Waals surface area contributed by atoms with Crippen LogP contribution in [-0.2, 0) is 17.9 Å². The van der Waals surface area contributed by atoms with Crippen molar-refractivity contribution in [3.8, 4) is 0 Å². The first-order chi connectivity index (χ1) is 12.0. The molecule has 0 radical (unpaired) electrons. The molecule has 0 unspecified atom stereocenters. The Morgan fingerprint density at radius 2 is 2.24 bits per heavy atom. The number of furan rings is 1. The molecule has 7 nitrogen and oxygen atoms in total. The molecule has 1 aliphatic heterocycles. The van der Waals surface area contributed by atoms with Gasteiger partial charge in [0.15, 0.2) is 0 Å². The van der Waals surface area contributed by atoms with Crippen molar-refractivity contribution >= 4 is 5.91 Å². The third kappa shape index (κ3) is 4.48. The fraction of sp³-hybridized carbons (Fsp3) is 0.611. The predicted octanol–water partition coefficient (Wildman–Crippen LogP) is 2.00. The summed E-state index contributed by atoms with van der Waals surface area (Å²) in [7, 11) is 1.83. The summed E-state index contributed by atoms with van der Waals surface area (Å²) in [6.07, 6.45) is 5.07. The van der Waals surface area contributed by atoms with Crippen molar-refractivity contribution in [3.63, 3.8) is 0 Å². The van der Waals surface area contributed by atoms with Gasteiger partial charge in [0.2, 0.25) is 5.91 Å². The Balaban J connectivity index is 1.60. The van der Waals surface area contributed by atoms with Gasteiger partial charge >= 0.3 is 0 Å². The lowest BCUT2D eigenvalue weighted by molar-refractivity contribution is -0.133. The third-order valence-electron chi connectivity index (χ3n) is 4.83. The number of likely N-dealkylation sites (tertiary alicyclic amines) is 1. The van der Waals surface area contributed by atoms with Gasteiger partial charge in [-0.15, -0.1) is 0 Å². The number of carbonyl (C=O) groups is 1. The fourth-order valence-corrected chi connectivity index (χ4v) is 3.43. The molecule has 25 heavy (non-hydrogen) atoms. The molecule has 0 saturated carbocycles. The summed E-state index contributed by atoms with van der Waals surface area (Å²) >= 11 is 0. The van der Waals surface area contributed by atoms with Crippen LogP contribution >= 0.6 is 0 Å². The zero-order chi connectivity index (χ0) is 17.8. The summed E-state index contributed by atoms with van der Waals surface area (Å²) < 4.78 is 7.30. The van der Waals surface area contributed by atoms with Crippen LogP contribution in [0.2, 0.25) is 0 Å². The van der Waals surface area contributed by atoms with Gasteiger partial charge in [0.1, 0.15) is 17.4 Å². The Morgan fingerprint density at radius 1 is 1.40 bits per heavy atom. The van der Waals surface area contributed by atoms with E-state index < -0.39 is 0 Å². The molecule has 2 aromatic rings. The second-order valence-electron chi connectivity index (χ2n) is 6.84. The van der Waals surface area contributed by atoms with E-state index in [1.807, 2.05) is 37.7 Å². The number of likely N-dealkylation sites (N-methyl/N-ethyl adjacent to an activating group) is 1. The van der Waals surface area contributed by atoms with E-state index in [0.29, 0.717) is 19.1 Å². The molecule has 136 valence electrons. The number of hydrogen-bond acceptors (Lipinski definition) is 5. The number of carbonyl (C=O) groups excluding carboxylic acids is 1. The van der Waals surface area contributed by atoms with Gasteiger partial charge < -0.3 is 9.32 Å². The van der Waals surface area contributed by atoms with Gasteiger partial charge in [-0.1, -0.05) is 6.42 Å². The standard InChI is InChI=1S/C18H27N5O2/c1-14-19-15(2)23(20-14)11-16-7-4-5-9-22(16)13-18(24)21(3)12-17-8-6-10-25-17/h6,8,10,16H,4-5,7,9,11-13H2,1-3H3/t16-/m1/s1. The normalized spacial score (nSPS) is 18.4.